The minimum atomic E-state index is 0.439. The highest BCUT2D eigenvalue weighted by atomic mass is 16.4. The maximum Gasteiger partial charge on any atom is 0.216 e. The zero-order valence-corrected chi connectivity index (χ0v) is 8.29. The Morgan fingerprint density at radius 2 is 2.23 bits per heavy atom. The number of oxazole rings is 1. The van der Waals surface area contributed by atoms with E-state index < -0.39 is 0 Å². The first-order chi connectivity index (χ1) is 6.13. The Labute approximate surface area is 77.9 Å². The summed E-state index contributed by atoms with van der Waals surface area (Å²) in [4.78, 5) is 8.29. The average molecular weight is 181 g/mol. The zero-order chi connectivity index (χ0) is 9.84. The van der Waals surface area contributed by atoms with Crippen LogP contribution < -0.4 is 5.73 Å². The maximum absolute atomic E-state index is 5.55. The largest absolute Gasteiger partial charge is 0.444 e. The standard InChI is InChI=1S/C9H15N3O/c1-4-8(10)11-5-9-12-6(2)7(3)13-9/h4-5H2,1-3H3,(H2,10,11). The quantitative estimate of drug-likeness (QED) is 0.568. The molecule has 1 rings (SSSR count). The van der Waals surface area contributed by atoms with Gasteiger partial charge in [-0.15, -0.1) is 0 Å². The number of nitrogens with two attached hydrogens (primary N) is 1. The molecule has 0 radical (unpaired) electrons. The lowest BCUT2D eigenvalue weighted by atomic mass is 10.4. The summed E-state index contributed by atoms with van der Waals surface area (Å²) in [6.45, 7) is 6.20. The van der Waals surface area contributed by atoms with Crippen LogP contribution in [0.5, 0.6) is 0 Å². The van der Waals surface area contributed by atoms with Crippen LogP contribution in [0.4, 0.5) is 0 Å². The van der Waals surface area contributed by atoms with Gasteiger partial charge < -0.3 is 10.2 Å². The Hall–Kier alpha value is -1.32. The lowest BCUT2D eigenvalue weighted by Gasteiger charge is -1.92. The van der Waals surface area contributed by atoms with Crippen LogP contribution in [0.15, 0.2) is 9.41 Å². The SMILES string of the molecule is CCC(N)=NCc1nc(C)c(C)o1. The number of hydrogen-bond acceptors (Lipinski definition) is 3. The Morgan fingerprint density at radius 3 is 2.69 bits per heavy atom. The fourth-order valence-corrected chi connectivity index (χ4v) is 0.888. The van der Waals surface area contributed by atoms with Gasteiger partial charge in [-0.25, -0.2) is 4.98 Å². The normalized spacial score (nSPS) is 12.1. The second-order valence-electron chi connectivity index (χ2n) is 2.91. The van der Waals surface area contributed by atoms with Crippen molar-refractivity contribution in [2.75, 3.05) is 0 Å². The van der Waals surface area contributed by atoms with E-state index in [1.165, 1.54) is 0 Å². The van der Waals surface area contributed by atoms with Crippen LogP contribution in [0.25, 0.3) is 0 Å². The van der Waals surface area contributed by atoms with Crippen molar-refractivity contribution in [1.82, 2.24) is 4.98 Å². The number of nitrogens with zero attached hydrogens (tertiary/aromatic N) is 2. The maximum atomic E-state index is 5.55. The molecule has 1 heterocycles. The molecule has 72 valence electrons. The van der Waals surface area contributed by atoms with Crippen molar-refractivity contribution in [2.45, 2.75) is 33.7 Å². The highest BCUT2D eigenvalue weighted by molar-refractivity contribution is 5.79. The summed E-state index contributed by atoms with van der Waals surface area (Å²) in [5.74, 6) is 2.11. The summed E-state index contributed by atoms with van der Waals surface area (Å²) < 4.78 is 5.34. The Morgan fingerprint density at radius 1 is 1.54 bits per heavy atom. The van der Waals surface area contributed by atoms with Crippen LogP contribution >= 0.6 is 0 Å². The number of aryl methyl sites for hydroxylation is 2. The summed E-state index contributed by atoms with van der Waals surface area (Å²) in [6, 6.07) is 0. The number of aliphatic imine (C=N–C) groups is 1. The summed E-state index contributed by atoms with van der Waals surface area (Å²) in [5.41, 5.74) is 6.46. The lowest BCUT2D eigenvalue weighted by molar-refractivity contribution is 0.473. The van der Waals surface area contributed by atoms with Gasteiger partial charge in [-0.3, -0.25) is 4.99 Å². The third-order valence-electron chi connectivity index (χ3n) is 1.85. The molecular weight excluding hydrogens is 166 g/mol. The first-order valence-electron chi connectivity index (χ1n) is 4.35. The van der Waals surface area contributed by atoms with Crippen molar-refractivity contribution in [3.05, 3.63) is 17.3 Å². The lowest BCUT2D eigenvalue weighted by Crippen LogP contribution is -2.09. The Bertz CT molecular complexity index is 295. The fourth-order valence-electron chi connectivity index (χ4n) is 0.888. The van der Waals surface area contributed by atoms with Crippen molar-refractivity contribution in [3.8, 4) is 0 Å². The van der Waals surface area contributed by atoms with Crippen molar-refractivity contribution in [3.63, 3.8) is 0 Å². The predicted octanol–water partition coefficient (Wildman–Crippen LogP) is 1.56. The predicted molar refractivity (Wildman–Crippen MR) is 51.6 cm³/mol. The molecule has 0 aromatic carbocycles. The fraction of sp³-hybridized carbons (Fsp3) is 0.556. The molecule has 0 aliphatic carbocycles. The first-order valence-corrected chi connectivity index (χ1v) is 4.35. The average Bonchev–Trinajstić information content (AvgIpc) is 2.42. The summed E-state index contributed by atoms with van der Waals surface area (Å²) >= 11 is 0. The number of amidine groups is 1. The van der Waals surface area contributed by atoms with E-state index in [1.807, 2.05) is 20.8 Å². The van der Waals surface area contributed by atoms with Crippen molar-refractivity contribution >= 4 is 5.84 Å². The van der Waals surface area contributed by atoms with Crippen LogP contribution in [0.1, 0.15) is 30.7 Å². The zero-order valence-electron chi connectivity index (χ0n) is 8.29. The van der Waals surface area contributed by atoms with Gasteiger partial charge in [0.2, 0.25) is 5.89 Å². The van der Waals surface area contributed by atoms with E-state index >= 15 is 0 Å². The Kier molecular flexibility index (Phi) is 3.06. The van der Waals surface area contributed by atoms with E-state index in [0.717, 1.165) is 17.9 Å². The van der Waals surface area contributed by atoms with Crippen LogP contribution in [0.3, 0.4) is 0 Å². The molecule has 1 aromatic rings. The number of rotatable bonds is 3. The topological polar surface area (TPSA) is 64.4 Å². The molecule has 2 N–H and O–H groups in total. The molecular formula is C9H15N3O. The second-order valence-corrected chi connectivity index (χ2v) is 2.91. The molecule has 0 bridgehead atoms. The van der Waals surface area contributed by atoms with Crippen molar-refractivity contribution < 1.29 is 4.42 Å². The molecule has 0 unspecified atom stereocenters. The van der Waals surface area contributed by atoms with Crippen molar-refractivity contribution in [1.29, 1.82) is 0 Å². The van der Waals surface area contributed by atoms with Crippen LogP contribution in [-0.2, 0) is 6.54 Å². The highest BCUT2D eigenvalue weighted by Gasteiger charge is 2.03. The molecule has 4 heteroatoms. The number of aromatic nitrogens is 1. The van der Waals surface area contributed by atoms with Gasteiger partial charge in [0.25, 0.3) is 0 Å². The van der Waals surface area contributed by atoms with E-state index in [-0.39, 0.29) is 0 Å². The molecule has 1 aromatic heterocycles. The molecule has 4 nitrogen and oxygen atoms in total. The highest BCUT2D eigenvalue weighted by Crippen LogP contribution is 2.08. The second kappa shape index (κ2) is 4.07. The Balaban J connectivity index is 2.65. The summed E-state index contributed by atoms with van der Waals surface area (Å²) in [7, 11) is 0. The van der Waals surface area contributed by atoms with Crippen molar-refractivity contribution in [2.24, 2.45) is 10.7 Å². The van der Waals surface area contributed by atoms with Gasteiger partial charge in [0, 0.05) is 6.42 Å². The van der Waals surface area contributed by atoms with E-state index in [9.17, 15) is 0 Å². The minimum absolute atomic E-state index is 0.439. The van der Waals surface area contributed by atoms with Gasteiger partial charge in [-0.2, -0.15) is 0 Å². The molecule has 0 fully saturated rings. The molecule has 0 saturated carbocycles. The van der Waals surface area contributed by atoms with Gasteiger partial charge in [-0.1, -0.05) is 6.92 Å². The number of hydrogen-bond donors (Lipinski definition) is 1. The summed E-state index contributed by atoms with van der Waals surface area (Å²) in [5, 5.41) is 0. The van der Waals surface area contributed by atoms with Gasteiger partial charge >= 0.3 is 0 Å². The molecule has 0 saturated heterocycles. The van der Waals surface area contributed by atoms with Gasteiger partial charge in [0.1, 0.15) is 12.3 Å². The molecule has 0 amide bonds. The summed E-state index contributed by atoms with van der Waals surface area (Å²) in [6.07, 6.45) is 0.763. The van der Waals surface area contributed by atoms with Crippen LogP contribution in [-0.4, -0.2) is 10.8 Å². The third-order valence-corrected chi connectivity index (χ3v) is 1.85. The molecule has 0 aliphatic rings. The monoisotopic (exact) mass is 181 g/mol. The van der Waals surface area contributed by atoms with Gasteiger partial charge in [-0.05, 0) is 13.8 Å². The first kappa shape index (κ1) is 9.77. The smallest absolute Gasteiger partial charge is 0.216 e. The molecule has 0 aliphatic heterocycles. The molecule has 0 atom stereocenters. The van der Waals surface area contributed by atoms with Gasteiger partial charge in [0.05, 0.1) is 11.5 Å². The van der Waals surface area contributed by atoms with E-state index in [2.05, 4.69) is 9.98 Å². The van der Waals surface area contributed by atoms with Gasteiger partial charge in [0.15, 0.2) is 0 Å². The van der Waals surface area contributed by atoms with Crippen LogP contribution in [0.2, 0.25) is 0 Å². The molecule has 13 heavy (non-hydrogen) atoms. The minimum Gasteiger partial charge on any atom is -0.444 e. The van der Waals surface area contributed by atoms with E-state index in [4.69, 9.17) is 10.2 Å². The van der Waals surface area contributed by atoms with E-state index in [0.29, 0.717) is 18.3 Å². The van der Waals surface area contributed by atoms with Crippen LogP contribution in [0, 0.1) is 13.8 Å². The molecule has 0 spiro atoms. The third kappa shape index (κ3) is 2.57. The van der Waals surface area contributed by atoms with E-state index in [1.54, 1.807) is 0 Å².